The molecule has 0 heterocycles. The van der Waals surface area contributed by atoms with Crippen LogP contribution in [0.1, 0.15) is 20.8 Å². The van der Waals surface area contributed by atoms with Crippen LogP contribution < -0.4 is 11.1 Å². The molecule has 0 aliphatic rings. The van der Waals surface area contributed by atoms with Crippen molar-refractivity contribution in [3.8, 4) is 0 Å². The Kier molecular flexibility index (Phi) is 5.93. The highest BCUT2D eigenvalue weighted by molar-refractivity contribution is 5.87. The van der Waals surface area contributed by atoms with Crippen molar-refractivity contribution in [2.75, 3.05) is 20.1 Å². The Morgan fingerprint density at radius 3 is 2.33 bits per heavy atom. The second-order valence-electron chi connectivity index (χ2n) is 3.90. The summed E-state index contributed by atoms with van der Waals surface area (Å²) in [6, 6.07) is -0.551. The Morgan fingerprint density at radius 1 is 1.40 bits per heavy atom. The molecule has 5 nitrogen and oxygen atoms in total. The van der Waals surface area contributed by atoms with Gasteiger partial charge in [-0.2, -0.15) is 0 Å². The predicted molar refractivity (Wildman–Crippen MR) is 59.1 cm³/mol. The molecule has 0 saturated heterocycles. The summed E-state index contributed by atoms with van der Waals surface area (Å²) >= 11 is 0. The van der Waals surface area contributed by atoms with Crippen LogP contribution in [0.25, 0.3) is 0 Å². The number of carbonyl (C=O) groups is 2. The highest BCUT2D eigenvalue weighted by Gasteiger charge is 2.18. The second-order valence-corrected chi connectivity index (χ2v) is 3.90. The van der Waals surface area contributed by atoms with Crippen LogP contribution in [0, 0.1) is 5.92 Å². The van der Waals surface area contributed by atoms with Gasteiger partial charge in [0.15, 0.2) is 0 Å². The Morgan fingerprint density at radius 2 is 1.93 bits per heavy atom. The molecule has 0 radical (unpaired) electrons. The monoisotopic (exact) mass is 215 g/mol. The van der Waals surface area contributed by atoms with Crippen LogP contribution in [0.2, 0.25) is 0 Å². The van der Waals surface area contributed by atoms with Gasteiger partial charge in [-0.3, -0.25) is 9.59 Å². The average Bonchev–Trinajstić information content (AvgIpc) is 2.22. The molecular weight excluding hydrogens is 194 g/mol. The second kappa shape index (κ2) is 6.40. The van der Waals surface area contributed by atoms with Crippen molar-refractivity contribution in [2.24, 2.45) is 11.7 Å². The summed E-state index contributed by atoms with van der Waals surface area (Å²) in [6.07, 6.45) is 0. The van der Waals surface area contributed by atoms with Gasteiger partial charge in [0.1, 0.15) is 0 Å². The molecule has 0 aromatic rings. The number of amides is 2. The van der Waals surface area contributed by atoms with Crippen molar-refractivity contribution in [3.05, 3.63) is 0 Å². The third-order valence-corrected chi connectivity index (χ3v) is 2.33. The topological polar surface area (TPSA) is 75.4 Å². The van der Waals surface area contributed by atoms with Crippen molar-refractivity contribution in [3.63, 3.8) is 0 Å². The fraction of sp³-hybridized carbons (Fsp3) is 0.800. The maximum Gasteiger partial charge on any atom is 0.241 e. The Balaban J connectivity index is 3.96. The molecule has 0 aromatic carbocycles. The number of hydrogen-bond acceptors (Lipinski definition) is 3. The van der Waals surface area contributed by atoms with Gasteiger partial charge in [-0.1, -0.05) is 13.8 Å². The van der Waals surface area contributed by atoms with Gasteiger partial charge in [-0.15, -0.1) is 0 Å². The minimum Gasteiger partial charge on any atom is -0.346 e. The largest absolute Gasteiger partial charge is 0.346 e. The molecule has 0 aromatic heterocycles. The molecular formula is C10H21N3O2. The van der Waals surface area contributed by atoms with E-state index in [2.05, 4.69) is 5.32 Å². The first-order chi connectivity index (χ1) is 6.90. The van der Waals surface area contributed by atoms with Gasteiger partial charge in [0, 0.05) is 13.6 Å². The minimum absolute atomic E-state index is 0.0175. The van der Waals surface area contributed by atoms with E-state index in [9.17, 15) is 9.59 Å². The summed E-state index contributed by atoms with van der Waals surface area (Å²) in [6.45, 7) is 6.25. The van der Waals surface area contributed by atoms with E-state index in [-0.39, 0.29) is 24.3 Å². The lowest BCUT2D eigenvalue weighted by Gasteiger charge is -2.18. The van der Waals surface area contributed by atoms with Crippen molar-refractivity contribution in [2.45, 2.75) is 26.8 Å². The lowest BCUT2D eigenvalue weighted by Crippen LogP contribution is -2.47. The van der Waals surface area contributed by atoms with Crippen LogP contribution in [-0.4, -0.2) is 42.9 Å². The normalized spacial score (nSPS) is 12.4. The van der Waals surface area contributed by atoms with E-state index in [0.29, 0.717) is 6.54 Å². The summed E-state index contributed by atoms with van der Waals surface area (Å²) in [7, 11) is 1.69. The number of rotatable bonds is 5. The Bertz CT molecular complexity index is 229. The summed E-state index contributed by atoms with van der Waals surface area (Å²) in [5.41, 5.74) is 5.62. The zero-order valence-electron chi connectivity index (χ0n) is 9.91. The fourth-order valence-corrected chi connectivity index (χ4v) is 0.895. The summed E-state index contributed by atoms with van der Waals surface area (Å²) in [5.74, 6) is -0.311. The van der Waals surface area contributed by atoms with Crippen LogP contribution in [0.15, 0.2) is 0 Å². The van der Waals surface area contributed by atoms with Gasteiger partial charge < -0.3 is 16.0 Å². The number of hydrogen-bond donors (Lipinski definition) is 2. The standard InChI is InChI=1S/C10H21N3O2/c1-5-13(4)8(14)6-12-10(15)9(11)7(2)3/h7,9H,5-6,11H2,1-4H3,(H,12,15). The van der Waals surface area contributed by atoms with Gasteiger partial charge in [-0.25, -0.2) is 0 Å². The molecule has 2 amide bonds. The van der Waals surface area contributed by atoms with Crippen molar-refractivity contribution in [1.82, 2.24) is 10.2 Å². The number of nitrogens with zero attached hydrogens (tertiary/aromatic N) is 1. The fourth-order valence-electron chi connectivity index (χ4n) is 0.895. The molecule has 3 N–H and O–H groups in total. The molecule has 0 aliphatic heterocycles. The van der Waals surface area contributed by atoms with E-state index in [1.807, 2.05) is 20.8 Å². The highest BCUT2D eigenvalue weighted by Crippen LogP contribution is 1.97. The molecule has 88 valence electrons. The highest BCUT2D eigenvalue weighted by atomic mass is 16.2. The van der Waals surface area contributed by atoms with Crippen molar-refractivity contribution < 1.29 is 9.59 Å². The smallest absolute Gasteiger partial charge is 0.241 e. The Hall–Kier alpha value is -1.10. The van der Waals surface area contributed by atoms with Crippen LogP contribution >= 0.6 is 0 Å². The van der Waals surface area contributed by atoms with Crippen LogP contribution in [0.4, 0.5) is 0 Å². The maximum atomic E-state index is 11.4. The first-order valence-electron chi connectivity index (χ1n) is 5.17. The lowest BCUT2D eigenvalue weighted by atomic mass is 10.1. The van der Waals surface area contributed by atoms with Crippen molar-refractivity contribution >= 4 is 11.8 Å². The molecule has 0 saturated carbocycles. The third-order valence-electron chi connectivity index (χ3n) is 2.33. The SMILES string of the molecule is CCN(C)C(=O)CNC(=O)C(N)C(C)C. The molecule has 0 aliphatic carbocycles. The molecule has 0 spiro atoms. The summed E-state index contributed by atoms with van der Waals surface area (Å²) < 4.78 is 0. The van der Waals surface area contributed by atoms with Crippen molar-refractivity contribution in [1.29, 1.82) is 0 Å². The lowest BCUT2D eigenvalue weighted by molar-refractivity contribution is -0.132. The first kappa shape index (κ1) is 13.9. The van der Waals surface area contributed by atoms with Gasteiger partial charge in [0.05, 0.1) is 12.6 Å². The molecule has 0 rings (SSSR count). The number of carbonyl (C=O) groups excluding carboxylic acids is 2. The van der Waals surface area contributed by atoms with E-state index in [4.69, 9.17) is 5.73 Å². The van der Waals surface area contributed by atoms with Gasteiger partial charge in [0.25, 0.3) is 0 Å². The zero-order valence-corrected chi connectivity index (χ0v) is 9.91. The van der Waals surface area contributed by atoms with E-state index in [0.717, 1.165) is 0 Å². The minimum atomic E-state index is -0.551. The molecule has 0 bridgehead atoms. The first-order valence-corrected chi connectivity index (χ1v) is 5.17. The molecule has 15 heavy (non-hydrogen) atoms. The third kappa shape index (κ3) is 4.78. The Labute approximate surface area is 91.0 Å². The van der Waals surface area contributed by atoms with E-state index < -0.39 is 6.04 Å². The van der Waals surface area contributed by atoms with Gasteiger partial charge in [0.2, 0.25) is 11.8 Å². The van der Waals surface area contributed by atoms with E-state index >= 15 is 0 Å². The average molecular weight is 215 g/mol. The van der Waals surface area contributed by atoms with Crippen LogP contribution in [0.5, 0.6) is 0 Å². The predicted octanol–water partition coefficient (Wildman–Crippen LogP) is -0.436. The number of nitrogens with two attached hydrogens (primary N) is 1. The quantitative estimate of drug-likeness (QED) is 0.653. The van der Waals surface area contributed by atoms with Crippen LogP contribution in [0.3, 0.4) is 0 Å². The molecule has 1 unspecified atom stereocenters. The number of nitrogens with one attached hydrogen (secondary N) is 1. The molecule has 0 fully saturated rings. The summed E-state index contributed by atoms with van der Waals surface area (Å²) in [5, 5.41) is 2.52. The summed E-state index contributed by atoms with van der Waals surface area (Å²) in [4.78, 5) is 24.3. The van der Waals surface area contributed by atoms with Gasteiger partial charge in [-0.05, 0) is 12.8 Å². The zero-order chi connectivity index (χ0) is 12.0. The maximum absolute atomic E-state index is 11.4. The van der Waals surface area contributed by atoms with E-state index in [1.54, 1.807) is 11.9 Å². The molecule has 1 atom stereocenters. The molecule has 5 heteroatoms. The van der Waals surface area contributed by atoms with Crippen LogP contribution in [-0.2, 0) is 9.59 Å². The number of likely N-dealkylation sites (N-methyl/N-ethyl adjacent to an activating group) is 1. The van der Waals surface area contributed by atoms with Gasteiger partial charge >= 0.3 is 0 Å². The van der Waals surface area contributed by atoms with E-state index in [1.165, 1.54) is 0 Å².